The van der Waals surface area contributed by atoms with Crippen molar-refractivity contribution in [2.75, 3.05) is 41.2 Å². The van der Waals surface area contributed by atoms with Crippen LogP contribution in [0.5, 0.6) is 5.75 Å². The van der Waals surface area contributed by atoms with E-state index >= 15 is 0 Å². The van der Waals surface area contributed by atoms with E-state index in [2.05, 4.69) is 21.1 Å². The van der Waals surface area contributed by atoms with Crippen molar-refractivity contribution in [2.45, 2.75) is 44.0 Å². The smallest absolute Gasteiger partial charge is 0.274 e. The van der Waals surface area contributed by atoms with Crippen LogP contribution in [-0.2, 0) is 35.0 Å². The van der Waals surface area contributed by atoms with Gasteiger partial charge in [0.25, 0.3) is 5.91 Å². The highest BCUT2D eigenvalue weighted by molar-refractivity contribution is 5.99. The monoisotopic (exact) mass is 546 g/mol. The summed E-state index contributed by atoms with van der Waals surface area (Å²) in [4.78, 5) is 52.1. The number of rotatable bonds is 15. The van der Waals surface area contributed by atoms with Crippen LogP contribution in [0.4, 0.5) is 0 Å². The molecule has 0 bridgehead atoms. The molecule has 3 N–H and O–H groups in total. The molecule has 2 heterocycles. The van der Waals surface area contributed by atoms with Crippen LogP contribution in [0.25, 0.3) is 0 Å². The molecule has 212 valence electrons. The maximum Gasteiger partial charge on any atom is 0.274 e. The van der Waals surface area contributed by atoms with Gasteiger partial charge in [-0.25, -0.2) is 0 Å². The predicted molar refractivity (Wildman–Crippen MR) is 136 cm³/mol. The normalized spacial score (nSPS) is 18.4. The van der Waals surface area contributed by atoms with E-state index in [0.717, 1.165) is 5.56 Å². The number of carbonyl (C=O) groups is 4. The summed E-state index contributed by atoms with van der Waals surface area (Å²) in [7, 11) is 4.26. The number of benzene rings is 1. The second kappa shape index (κ2) is 13.3. The van der Waals surface area contributed by atoms with Gasteiger partial charge in [0.15, 0.2) is 11.5 Å². The minimum absolute atomic E-state index is 0.0118. The lowest BCUT2D eigenvalue weighted by Crippen LogP contribution is -2.59. The number of hydrogen-bond donors (Lipinski definition) is 3. The summed E-state index contributed by atoms with van der Waals surface area (Å²) in [6.07, 6.45) is 0.174. The molecule has 0 radical (unpaired) electrons. The maximum atomic E-state index is 13.3. The molecule has 2 aromatic rings. The number of hydrogen-bond acceptors (Lipinski definition) is 10. The third-order valence-corrected chi connectivity index (χ3v) is 6.09. The minimum Gasteiger partial charge on any atom is -0.497 e. The quantitative estimate of drug-likeness (QED) is 0.257. The molecule has 13 heteroatoms. The van der Waals surface area contributed by atoms with E-state index in [1.165, 1.54) is 27.4 Å². The lowest BCUT2D eigenvalue weighted by molar-refractivity contribution is -0.134. The van der Waals surface area contributed by atoms with E-state index in [1.54, 1.807) is 32.0 Å². The lowest BCUT2D eigenvalue weighted by atomic mass is 9.94. The number of ether oxygens (including phenoxy) is 4. The highest BCUT2D eigenvalue weighted by Gasteiger charge is 2.50. The molecule has 1 fully saturated rings. The molecule has 13 nitrogen and oxygen atoms in total. The first-order valence-corrected chi connectivity index (χ1v) is 12.2. The first kappa shape index (κ1) is 29.7. The summed E-state index contributed by atoms with van der Waals surface area (Å²) < 4.78 is 25.7. The molecular weight excluding hydrogens is 512 g/mol. The number of methoxy groups -OCH3 is 3. The van der Waals surface area contributed by atoms with Crippen molar-refractivity contribution in [3.8, 4) is 5.75 Å². The minimum atomic E-state index is -1.18. The Morgan fingerprint density at radius 2 is 1.59 bits per heavy atom. The summed E-state index contributed by atoms with van der Waals surface area (Å²) in [6, 6.07) is 5.28. The van der Waals surface area contributed by atoms with Gasteiger partial charge in [0, 0.05) is 20.3 Å². The van der Waals surface area contributed by atoms with Crippen LogP contribution in [0, 0.1) is 6.92 Å². The molecular formula is C26H34N4O9. The Kier molecular flexibility index (Phi) is 10.2. The van der Waals surface area contributed by atoms with E-state index in [0.29, 0.717) is 11.5 Å². The molecule has 3 unspecified atom stereocenters. The fraction of sp³-hybridized carbons (Fsp3) is 0.500. The van der Waals surface area contributed by atoms with Gasteiger partial charge in [0.1, 0.15) is 29.2 Å². The average molecular weight is 547 g/mol. The van der Waals surface area contributed by atoms with Crippen LogP contribution in [-0.4, -0.2) is 93.5 Å². The zero-order chi connectivity index (χ0) is 28.6. The highest BCUT2D eigenvalue weighted by atomic mass is 16.6. The highest BCUT2D eigenvalue weighted by Crippen LogP contribution is 2.29. The topological polar surface area (TPSA) is 171 Å². The molecule has 0 spiro atoms. The Bertz CT molecular complexity index is 1180. The number of ketones is 1. The Morgan fingerprint density at radius 3 is 2.13 bits per heavy atom. The molecule has 1 saturated heterocycles. The molecule has 3 amide bonds. The Balaban J connectivity index is 1.73. The van der Waals surface area contributed by atoms with Crippen molar-refractivity contribution < 1.29 is 42.6 Å². The molecule has 3 rings (SSSR count). The number of Topliss-reactive ketones (excluding diaryl/α,β-unsaturated/α-hetero) is 1. The molecule has 39 heavy (non-hydrogen) atoms. The third-order valence-electron chi connectivity index (χ3n) is 6.09. The molecule has 0 saturated carbocycles. The molecule has 1 aliphatic rings. The molecule has 1 aliphatic heterocycles. The van der Waals surface area contributed by atoms with Gasteiger partial charge in [-0.15, -0.1) is 0 Å². The molecule has 4 atom stereocenters. The Hall–Kier alpha value is -3.81. The summed E-state index contributed by atoms with van der Waals surface area (Å²) >= 11 is 0. The van der Waals surface area contributed by atoms with E-state index in [-0.39, 0.29) is 37.7 Å². The average Bonchev–Trinajstić information content (AvgIpc) is 3.52. The fourth-order valence-corrected chi connectivity index (χ4v) is 3.81. The van der Waals surface area contributed by atoms with E-state index in [9.17, 15) is 19.2 Å². The number of epoxide rings is 1. The lowest BCUT2D eigenvalue weighted by Gasteiger charge is -2.25. The molecule has 0 aliphatic carbocycles. The van der Waals surface area contributed by atoms with Crippen molar-refractivity contribution in [3.63, 3.8) is 0 Å². The summed E-state index contributed by atoms with van der Waals surface area (Å²) in [5.41, 5.74) is -0.248. The van der Waals surface area contributed by atoms with Crippen LogP contribution < -0.4 is 20.7 Å². The van der Waals surface area contributed by atoms with Crippen LogP contribution in [0.3, 0.4) is 0 Å². The van der Waals surface area contributed by atoms with Gasteiger partial charge in [-0.3, -0.25) is 19.2 Å². The van der Waals surface area contributed by atoms with Crippen molar-refractivity contribution in [1.29, 1.82) is 0 Å². The number of carbonyl (C=O) groups excluding carboxylic acids is 4. The van der Waals surface area contributed by atoms with Gasteiger partial charge < -0.3 is 39.4 Å². The maximum absolute atomic E-state index is 13.3. The van der Waals surface area contributed by atoms with Gasteiger partial charge in [0.2, 0.25) is 11.8 Å². The second-order valence-electron chi connectivity index (χ2n) is 9.32. The van der Waals surface area contributed by atoms with Gasteiger partial charge in [0.05, 0.1) is 33.0 Å². The van der Waals surface area contributed by atoms with Crippen molar-refractivity contribution in [2.24, 2.45) is 0 Å². The number of nitrogens with zero attached hydrogens (tertiary/aromatic N) is 1. The predicted octanol–water partition coefficient (Wildman–Crippen LogP) is -0.0469. The number of nitrogens with one attached hydrogen (secondary N) is 3. The number of aromatic nitrogens is 1. The van der Waals surface area contributed by atoms with Gasteiger partial charge in [-0.05, 0) is 38.0 Å². The molecule has 1 aromatic heterocycles. The van der Waals surface area contributed by atoms with E-state index in [4.69, 9.17) is 23.5 Å². The second-order valence-corrected chi connectivity index (χ2v) is 9.32. The largest absolute Gasteiger partial charge is 0.497 e. The van der Waals surface area contributed by atoms with E-state index in [1.807, 2.05) is 6.07 Å². The van der Waals surface area contributed by atoms with E-state index < -0.39 is 41.4 Å². The zero-order valence-corrected chi connectivity index (χ0v) is 22.6. The van der Waals surface area contributed by atoms with Gasteiger partial charge in [-0.1, -0.05) is 17.3 Å². The summed E-state index contributed by atoms with van der Waals surface area (Å²) in [6.45, 7) is 3.16. The first-order chi connectivity index (χ1) is 18.6. The Morgan fingerprint density at radius 1 is 0.974 bits per heavy atom. The third kappa shape index (κ3) is 8.09. The van der Waals surface area contributed by atoms with Gasteiger partial charge >= 0.3 is 0 Å². The van der Waals surface area contributed by atoms with Crippen molar-refractivity contribution in [3.05, 3.63) is 47.3 Å². The number of amides is 3. The Labute approximate surface area is 225 Å². The standard InChI is InChI=1S/C26H34N4O9/c1-15-9-19(30-39-15)23(32)28-21(13-36-4)25(34)29-20(12-35-3)24(33)27-18(22(31)26(2)14-38-26)11-16-7-6-8-17(10-16)37-5/h6-10,18,20-21H,11-14H2,1-5H3,(H,27,33)(H,28,32)(H,29,34)/t18?,20-,21?,26?/m0/s1. The number of aryl methyl sites for hydroxylation is 1. The van der Waals surface area contributed by atoms with Crippen molar-refractivity contribution in [1.82, 2.24) is 21.1 Å². The summed E-state index contributed by atoms with van der Waals surface area (Å²) in [5, 5.41) is 11.4. The van der Waals surface area contributed by atoms with Gasteiger partial charge in [-0.2, -0.15) is 0 Å². The first-order valence-electron chi connectivity index (χ1n) is 12.2. The molecule has 1 aromatic carbocycles. The van der Waals surface area contributed by atoms with Crippen LogP contribution in [0.1, 0.15) is 28.7 Å². The summed E-state index contributed by atoms with van der Waals surface area (Å²) in [5.74, 6) is -1.27. The SMILES string of the molecule is COCC(NC(=O)c1cc(C)on1)C(=O)N[C@@H](COC)C(=O)NC(Cc1cccc(OC)c1)C(=O)C1(C)CO1. The van der Waals surface area contributed by atoms with Crippen molar-refractivity contribution >= 4 is 23.5 Å². The van der Waals surface area contributed by atoms with Crippen LogP contribution in [0.2, 0.25) is 0 Å². The van der Waals surface area contributed by atoms with Crippen LogP contribution >= 0.6 is 0 Å². The zero-order valence-electron chi connectivity index (χ0n) is 22.6. The fourth-order valence-electron chi connectivity index (χ4n) is 3.81. The van der Waals surface area contributed by atoms with Crippen LogP contribution in [0.15, 0.2) is 34.9 Å².